The predicted molar refractivity (Wildman–Crippen MR) is 129 cm³/mol. The molecule has 0 bridgehead atoms. The van der Waals surface area contributed by atoms with Crippen LogP contribution >= 0.6 is 11.8 Å². The van der Waals surface area contributed by atoms with E-state index >= 15 is 0 Å². The van der Waals surface area contributed by atoms with Gasteiger partial charge in [-0.1, -0.05) is 18.7 Å². The molecule has 9 nitrogen and oxygen atoms in total. The van der Waals surface area contributed by atoms with Crippen LogP contribution < -0.4 is 16.0 Å². The molecule has 2 aliphatic rings. The van der Waals surface area contributed by atoms with Gasteiger partial charge in [-0.25, -0.2) is 0 Å². The van der Waals surface area contributed by atoms with Crippen molar-refractivity contribution in [2.24, 2.45) is 4.99 Å². The zero-order valence-corrected chi connectivity index (χ0v) is 20.0. The summed E-state index contributed by atoms with van der Waals surface area (Å²) in [5.74, 6) is -1.17. The Bertz CT molecular complexity index is 927. The molecule has 2 aliphatic heterocycles. The Balaban J connectivity index is 1.47. The number of carbonyl (C=O) groups excluding carboxylic acids is 4. The van der Waals surface area contributed by atoms with Gasteiger partial charge < -0.3 is 20.9 Å². The number of benzene rings is 1. The van der Waals surface area contributed by atoms with Crippen molar-refractivity contribution in [3.63, 3.8) is 0 Å². The molecule has 3 rings (SSSR count). The predicted octanol–water partition coefficient (Wildman–Crippen LogP) is 2.14. The number of likely N-dealkylation sites (tertiary alicyclic amines) is 1. The van der Waals surface area contributed by atoms with E-state index in [2.05, 4.69) is 25.8 Å². The molecule has 0 radical (unpaired) electrons. The average molecular weight is 474 g/mol. The van der Waals surface area contributed by atoms with Crippen molar-refractivity contribution in [1.29, 1.82) is 0 Å². The lowest BCUT2D eigenvalue weighted by atomic mass is 10.1. The van der Waals surface area contributed by atoms with E-state index in [1.54, 1.807) is 31.2 Å². The van der Waals surface area contributed by atoms with Crippen molar-refractivity contribution >= 4 is 46.2 Å². The molecule has 1 saturated heterocycles. The molecule has 0 saturated carbocycles. The third kappa shape index (κ3) is 6.80. The first-order valence-corrected chi connectivity index (χ1v) is 12.2. The van der Waals surface area contributed by atoms with Crippen LogP contribution in [0.25, 0.3) is 0 Å². The number of rotatable bonds is 8. The van der Waals surface area contributed by atoms with E-state index in [-0.39, 0.29) is 36.1 Å². The zero-order valence-electron chi connectivity index (χ0n) is 19.2. The second-order valence-electron chi connectivity index (χ2n) is 8.38. The standard InChI is InChI=1S/C23H31N5O4S/c1-4-14(2)24-20(30)15(3)25-21(31)16-7-9-17(10-8-16)26-19(29)13-18-22(32)27-23(33-18)28-11-5-6-12-28/h7-10,14-15,18H,4-6,11-13H2,1-3H3,(H,24,30)(H,25,31)(H,26,29). The first kappa shape index (κ1) is 24.8. The monoisotopic (exact) mass is 473 g/mol. The summed E-state index contributed by atoms with van der Waals surface area (Å²) >= 11 is 1.35. The van der Waals surface area contributed by atoms with Gasteiger partial charge in [0, 0.05) is 36.8 Å². The van der Waals surface area contributed by atoms with Crippen LogP contribution in [0.1, 0.15) is 56.8 Å². The van der Waals surface area contributed by atoms with Crippen LogP contribution in [-0.2, 0) is 14.4 Å². The van der Waals surface area contributed by atoms with Gasteiger partial charge in [0.1, 0.15) is 11.3 Å². The summed E-state index contributed by atoms with van der Waals surface area (Å²) in [7, 11) is 0. The Kier molecular flexibility index (Phi) is 8.49. The van der Waals surface area contributed by atoms with Crippen molar-refractivity contribution in [3.8, 4) is 0 Å². The normalized spacial score (nSPS) is 19.6. The number of anilines is 1. The summed E-state index contributed by atoms with van der Waals surface area (Å²) in [6.07, 6.45) is 3.03. The molecule has 1 aromatic carbocycles. The second kappa shape index (κ2) is 11.3. The Hall–Kier alpha value is -2.88. The third-order valence-corrected chi connectivity index (χ3v) is 6.86. The largest absolute Gasteiger partial charge is 0.352 e. The van der Waals surface area contributed by atoms with Crippen LogP contribution in [0, 0.1) is 0 Å². The van der Waals surface area contributed by atoms with E-state index in [4.69, 9.17) is 0 Å². The number of aliphatic imine (C=N–C) groups is 1. The summed E-state index contributed by atoms with van der Waals surface area (Å²) in [5.41, 5.74) is 0.900. The Morgan fingerprint density at radius 3 is 2.42 bits per heavy atom. The maximum absolute atomic E-state index is 12.4. The highest BCUT2D eigenvalue weighted by molar-refractivity contribution is 8.15. The topological polar surface area (TPSA) is 120 Å². The van der Waals surface area contributed by atoms with Gasteiger partial charge in [0.25, 0.3) is 11.8 Å². The van der Waals surface area contributed by atoms with Crippen molar-refractivity contribution < 1.29 is 19.2 Å². The fourth-order valence-electron chi connectivity index (χ4n) is 3.45. The lowest BCUT2D eigenvalue weighted by molar-refractivity contribution is -0.123. The molecule has 10 heteroatoms. The number of amides is 4. The number of amidine groups is 1. The minimum absolute atomic E-state index is 0.0371. The van der Waals surface area contributed by atoms with Gasteiger partial charge in [-0.05, 0) is 57.4 Å². The first-order chi connectivity index (χ1) is 15.8. The van der Waals surface area contributed by atoms with E-state index in [1.165, 1.54) is 11.8 Å². The summed E-state index contributed by atoms with van der Waals surface area (Å²) in [5, 5.41) is 8.48. The van der Waals surface area contributed by atoms with Gasteiger partial charge >= 0.3 is 0 Å². The molecule has 4 amide bonds. The quantitative estimate of drug-likeness (QED) is 0.532. The molecule has 2 heterocycles. The van der Waals surface area contributed by atoms with Crippen LogP contribution in [0.5, 0.6) is 0 Å². The van der Waals surface area contributed by atoms with Crippen LogP contribution in [0.4, 0.5) is 5.69 Å². The molecule has 3 atom stereocenters. The van der Waals surface area contributed by atoms with Crippen molar-refractivity contribution in [2.45, 2.75) is 63.8 Å². The number of hydrogen-bond donors (Lipinski definition) is 3. The molecular formula is C23H31N5O4S. The molecule has 0 spiro atoms. The third-order valence-electron chi connectivity index (χ3n) is 5.65. The minimum Gasteiger partial charge on any atom is -0.352 e. The summed E-state index contributed by atoms with van der Waals surface area (Å²) in [6, 6.07) is 5.76. The van der Waals surface area contributed by atoms with E-state index in [0.29, 0.717) is 11.3 Å². The van der Waals surface area contributed by atoms with Gasteiger partial charge in [0.05, 0.1) is 0 Å². The fraction of sp³-hybridized carbons (Fsp3) is 0.522. The lowest BCUT2D eigenvalue weighted by Crippen LogP contribution is -2.47. The molecule has 33 heavy (non-hydrogen) atoms. The Labute approximate surface area is 198 Å². The van der Waals surface area contributed by atoms with Crippen LogP contribution in [0.15, 0.2) is 29.3 Å². The van der Waals surface area contributed by atoms with E-state index in [1.807, 2.05) is 13.8 Å². The van der Waals surface area contributed by atoms with Gasteiger partial charge in [-0.3, -0.25) is 19.2 Å². The molecule has 1 fully saturated rings. The highest BCUT2D eigenvalue weighted by atomic mass is 32.2. The maximum atomic E-state index is 12.4. The van der Waals surface area contributed by atoms with Gasteiger partial charge in [0.15, 0.2) is 5.17 Å². The summed E-state index contributed by atoms with van der Waals surface area (Å²) in [4.78, 5) is 55.3. The maximum Gasteiger partial charge on any atom is 0.262 e. The molecule has 0 aromatic heterocycles. The molecule has 3 N–H and O–H groups in total. The highest BCUT2D eigenvalue weighted by Gasteiger charge is 2.33. The fourth-order valence-corrected chi connectivity index (χ4v) is 4.57. The SMILES string of the molecule is CCC(C)NC(=O)C(C)NC(=O)c1ccc(NC(=O)CC2SC(N3CCCC3)=NC2=O)cc1. The van der Waals surface area contributed by atoms with Crippen molar-refractivity contribution in [3.05, 3.63) is 29.8 Å². The average Bonchev–Trinajstić information content (AvgIpc) is 3.44. The van der Waals surface area contributed by atoms with Crippen molar-refractivity contribution in [1.82, 2.24) is 15.5 Å². The summed E-state index contributed by atoms with van der Waals surface area (Å²) < 4.78 is 0. The van der Waals surface area contributed by atoms with E-state index in [9.17, 15) is 19.2 Å². The molecule has 0 aliphatic carbocycles. The van der Waals surface area contributed by atoms with Gasteiger partial charge in [-0.15, -0.1) is 0 Å². The van der Waals surface area contributed by atoms with Gasteiger partial charge in [0.2, 0.25) is 11.8 Å². The number of thioether (sulfide) groups is 1. The zero-order chi connectivity index (χ0) is 24.0. The number of hydrogen-bond acceptors (Lipinski definition) is 6. The van der Waals surface area contributed by atoms with Crippen molar-refractivity contribution in [2.75, 3.05) is 18.4 Å². The number of carbonyl (C=O) groups is 4. The Morgan fingerprint density at radius 2 is 1.79 bits per heavy atom. The molecule has 178 valence electrons. The van der Waals surface area contributed by atoms with Crippen LogP contribution in [0.3, 0.4) is 0 Å². The van der Waals surface area contributed by atoms with Gasteiger partial charge in [-0.2, -0.15) is 4.99 Å². The highest BCUT2D eigenvalue weighted by Crippen LogP contribution is 2.29. The van der Waals surface area contributed by atoms with Crippen LogP contribution in [-0.4, -0.2) is 64.1 Å². The number of nitrogens with zero attached hydrogens (tertiary/aromatic N) is 2. The van der Waals surface area contributed by atoms with E-state index < -0.39 is 11.3 Å². The van der Waals surface area contributed by atoms with E-state index in [0.717, 1.165) is 37.5 Å². The first-order valence-electron chi connectivity index (χ1n) is 11.3. The summed E-state index contributed by atoms with van der Waals surface area (Å²) in [6.45, 7) is 7.31. The second-order valence-corrected chi connectivity index (χ2v) is 9.55. The molecule has 1 aromatic rings. The number of nitrogens with one attached hydrogen (secondary N) is 3. The molecular weight excluding hydrogens is 442 g/mol. The lowest BCUT2D eigenvalue weighted by Gasteiger charge is -2.17. The minimum atomic E-state index is -0.667. The molecule has 3 unspecified atom stereocenters. The van der Waals surface area contributed by atoms with Crippen LogP contribution in [0.2, 0.25) is 0 Å². The smallest absolute Gasteiger partial charge is 0.262 e. The Morgan fingerprint density at radius 1 is 1.12 bits per heavy atom.